The van der Waals surface area contributed by atoms with Gasteiger partial charge in [0.2, 0.25) is 5.91 Å². The molecule has 0 unspecified atom stereocenters. The van der Waals surface area contributed by atoms with Crippen LogP contribution in [0.15, 0.2) is 36.4 Å². The third-order valence-corrected chi connectivity index (χ3v) is 5.23. The Morgan fingerprint density at radius 2 is 2.04 bits per heavy atom. The summed E-state index contributed by atoms with van der Waals surface area (Å²) in [4.78, 5) is 26.6. The van der Waals surface area contributed by atoms with Gasteiger partial charge in [0.1, 0.15) is 0 Å². The van der Waals surface area contributed by atoms with Gasteiger partial charge in [0.05, 0.1) is 6.54 Å². The van der Waals surface area contributed by atoms with E-state index in [1.165, 1.54) is 0 Å². The fourth-order valence-electron chi connectivity index (χ4n) is 3.32. The van der Waals surface area contributed by atoms with E-state index in [2.05, 4.69) is 17.6 Å². The first-order chi connectivity index (χ1) is 13.1. The van der Waals surface area contributed by atoms with Gasteiger partial charge < -0.3 is 15.5 Å². The monoisotopic (exact) mass is 387 g/mol. The standard InChI is InChI=1S/C21H26ClN3O2/c1-2-3-9-25-10-8-19(23-14-20(25)26)13-24-21(27)17-5-4-16-12-18(22)7-6-15(16)11-17/h4-7,11-12,19,23H,2-3,8-10,13-14H2,1H3,(H,24,27)/t19-/m0/s1. The quantitative estimate of drug-likeness (QED) is 0.800. The van der Waals surface area contributed by atoms with Gasteiger partial charge in [-0.3, -0.25) is 9.59 Å². The summed E-state index contributed by atoms with van der Waals surface area (Å²) >= 11 is 6.00. The molecule has 2 aromatic carbocycles. The van der Waals surface area contributed by atoms with Crippen molar-refractivity contribution in [2.75, 3.05) is 26.2 Å². The zero-order chi connectivity index (χ0) is 19.2. The molecule has 1 atom stereocenters. The molecular formula is C21H26ClN3O2. The molecule has 5 nitrogen and oxygen atoms in total. The molecule has 0 radical (unpaired) electrons. The normalized spacial score (nSPS) is 17.8. The second kappa shape index (κ2) is 9.20. The molecule has 0 spiro atoms. The van der Waals surface area contributed by atoms with Gasteiger partial charge in [-0.15, -0.1) is 0 Å². The minimum absolute atomic E-state index is 0.101. The van der Waals surface area contributed by atoms with Crippen LogP contribution < -0.4 is 10.6 Å². The Bertz CT molecular complexity index is 824. The van der Waals surface area contributed by atoms with Crippen molar-refractivity contribution >= 4 is 34.2 Å². The molecule has 6 heteroatoms. The van der Waals surface area contributed by atoms with Crippen LogP contribution in [0.25, 0.3) is 10.8 Å². The van der Waals surface area contributed by atoms with Crippen LogP contribution >= 0.6 is 11.6 Å². The molecule has 0 aromatic heterocycles. The predicted molar refractivity (Wildman–Crippen MR) is 109 cm³/mol. The number of rotatable bonds is 6. The lowest BCUT2D eigenvalue weighted by molar-refractivity contribution is -0.129. The van der Waals surface area contributed by atoms with Crippen LogP contribution in [0, 0.1) is 0 Å². The highest BCUT2D eigenvalue weighted by Crippen LogP contribution is 2.20. The van der Waals surface area contributed by atoms with E-state index in [-0.39, 0.29) is 17.9 Å². The van der Waals surface area contributed by atoms with Crippen molar-refractivity contribution in [2.24, 2.45) is 0 Å². The van der Waals surface area contributed by atoms with E-state index < -0.39 is 0 Å². The summed E-state index contributed by atoms with van der Waals surface area (Å²) in [6.45, 7) is 4.52. The molecule has 1 heterocycles. The lowest BCUT2D eigenvalue weighted by atomic mass is 10.1. The van der Waals surface area contributed by atoms with Crippen molar-refractivity contribution in [3.63, 3.8) is 0 Å². The SMILES string of the molecule is CCCCN1CC[C@@H](CNC(=O)c2ccc3cc(Cl)ccc3c2)NCC1=O. The van der Waals surface area contributed by atoms with E-state index in [1.54, 1.807) is 0 Å². The maximum Gasteiger partial charge on any atom is 0.251 e. The fourth-order valence-corrected chi connectivity index (χ4v) is 3.50. The summed E-state index contributed by atoms with van der Waals surface area (Å²) in [5.41, 5.74) is 0.624. The predicted octanol–water partition coefficient (Wildman–Crippen LogP) is 3.21. The number of hydrogen-bond donors (Lipinski definition) is 2. The van der Waals surface area contributed by atoms with Crippen molar-refractivity contribution in [2.45, 2.75) is 32.2 Å². The second-order valence-electron chi connectivity index (χ2n) is 7.02. The molecule has 1 aliphatic rings. The summed E-state index contributed by atoms with van der Waals surface area (Å²) in [7, 11) is 0. The number of unbranched alkanes of at least 4 members (excludes halogenated alkanes) is 1. The molecule has 144 valence electrons. The molecule has 0 aliphatic carbocycles. The lowest BCUT2D eigenvalue weighted by Crippen LogP contribution is -2.41. The molecule has 2 aromatic rings. The van der Waals surface area contributed by atoms with Crippen LogP contribution in [0.4, 0.5) is 0 Å². The number of nitrogens with zero attached hydrogens (tertiary/aromatic N) is 1. The Hall–Kier alpha value is -2.11. The number of carbonyl (C=O) groups excluding carboxylic acids is 2. The van der Waals surface area contributed by atoms with E-state index in [0.717, 1.165) is 43.1 Å². The molecular weight excluding hydrogens is 362 g/mol. The molecule has 0 bridgehead atoms. The van der Waals surface area contributed by atoms with Crippen LogP contribution in [0.5, 0.6) is 0 Å². The van der Waals surface area contributed by atoms with Crippen molar-refractivity contribution in [3.05, 3.63) is 47.0 Å². The largest absolute Gasteiger partial charge is 0.350 e. The van der Waals surface area contributed by atoms with Gasteiger partial charge >= 0.3 is 0 Å². The second-order valence-corrected chi connectivity index (χ2v) is 7.45. The zero-order valence-corrected chi connectivity index (χ0v) is 16.4. The van der Waals surface area contributed by atoms with Gasteiger partial charge in [0, 0.05) is 36.3 Å². The number of hydrogen-bond acceptors (Lipinski definition) is 3. The Morgan fingerprint density at radius 1 is 1.26 bits per heavy atom. The number of fused-ring (bicyclic) bond motifs is 1. The molecule has 0 saturated carbocycles. The highest BCUT2D eigenvalue weighted by atomic mass is 35.5. The molecule has 1 saturated heterocycles. The fraction of sp³-hybridized carbons (Fsp3) is 0.429. The van der Waals surface area contributed by atoms with Crippen LogP contribution in [-0.4, -0.2) is 48.9 Å². The molecule has 3 rings (SSSR count). The van der Waals surface area contributed by atoms with Crippen LogP contribution in [0.3, 0.4) is 0 Å². The van der Waals surface area contributed by atoms with Crippen LogP contribution in [-0.2, 0) is 4.79 Å². The van der Waals surface area contributed by atoms with E-state index in [9.17, 15) is 9.59 Å². The molecule has 2 N–H and O–H groups in total. The molecule has 1 fully saturated rings. The van der Waals surface area contributed by atoms with Crippen LogP contribution in [0.1, 0.15) is 36.5 Å². The topological polar surface area (TPSA) is 61.4 Å². The van der Waals surface area contributed by atoms with E-state index >= 15 is 0 Å². The van der Waals surface area contributed by atoms with Gasteiger partial charge in [-0.1, -0.05) is 37.1 Å². The minimum Gasteiger partial charge on any atom is -0.350 e. The Balaban J connectivity index is 1.56. The highest BCUT2D eigenvalue weighted by molar-refractivity contribution is 6.31. The Morgan fingerprint density at radius 3 is 2.85 bits per heavy atom. The first-order valence-electron chi connectivity index (χ1n) is 9.55. The van der Waals surface area contributed by atoms with Crippen molar-refractivity contribution in [1.29, 1.82) is 0 Å². The number of amides is 2. The number of carbonyl (C=O) groups is 2. The Kier molecular flexibility index (Phi) is 6.69. The van der Waals surface area contributed by atoms with Gasteiger partial charge in [-0.2, -0.15) is 0 Å². The molecule has 27 heavy (non-hydrogen) atoms. The van der Waals surface area contributed by atoms with Gasteiger partial charge in [-0.25, -0.2) is 0 Å². The third kappa shape index (κ3) is 5.21. The van der Waals surface area contributed by atoms with Gasteiger partial charge in [0.15, 0.2) is 0 Å². The molecule has 2 amide bonds. The summed E-state index contributed by atoms with van der Waals surface area (Å²) in [6, 6.07) is 11.3. The third-order valence-electron chi connectivity index (χ3n) is 5.00. The van der Waals surface area contributed by atoms with Crippen LogP contribution in [0.2, 0.25) is 5.02 Å². The summed E-state index contributed by atoms with van der Waals surface area (Å²) < 4.78 is 0. The first kappa shape index (κ1) is 19.6. The average Bonchev–Trinajstić information content (AvgIpc) is 2.85. The average molecular weight is 388 g/mol. The number of benzene rings is 2. The number of nitrogens with one attached hydrogen (secondary N) is 2. The lowest BCUT2D eigenvalue weighted by Gasteiger charge is -2.20. The number of halogens is 1. The minimum atomic E-state index is -0.105. The summed E-state index contributed by atoms with van der Waals surface area (Å²) in [6.07, 6.45) is 2.95. The van der Waals surface area contributed by atoms with Crippen molar-refractivity contribution in [3.8, 4) is 0 Å². The summed E-state index contributed by atoms with van der Waals surface area (Å²) in [5.74, 6) is 0.0394. The van der Waals surface area contributed by atoms with E-state index in [4.69, 9.17) is 11.6 Å². The van der Waals surface area contributed by atoms with Crippen molar-refractivity contribution in [1.82, 2.24) is 15.5 Å². The first-order valence-corrected chi connectivity index (χ1v) is 9.93. The maximum absolute atomic E-state index is 12.5. The smallest absolute Gasteiger partial charge is 0.251 e. The highest BCUT2D eigenvalue weighted by Gasteiger charge is 2.21. The maximum atomic E-state index is 12.5. The van der Waals surface area contributed by atoms with Gasteiger partial charge in [0.25, 0.3) is 5.91 Å². The molecule has 1 aliphatic heterocycles. The summed E-state index contributed by atoms with van der Waals surface area (Å²) in [5, 5.41) is 8.92. The van der Waals surface area contributed by atoms with E-state index in [0.29, 0.717) is 23.7 Å². The Labute approximate surface area is 165 Å². The van der Waals surface area contributed by atoms with E-state index in [1.807, 2.05) is 41.3 Å². The zero-order valence-electron chi connectivity index (χ0n) is 15.6. The van der Waals surface area contributed by atoms with Gasteiger partial charge in [-0.05, 0) is 47.9 Å². The van der Waals surface area contributed by atoms with Crippen molar-refractivity contribution < 1.29 is 9.59 Å².